The molecule has 0 aromatic heterocycles. The number of amides is 1. The maximum absolute atomic E-state index is 11.9. The lowest BCUT2D eigenvalue weighted by atomic mass is 9.97. The van der Waals surface area contributed by atoms with E-state index in [1.165, 1.54) is 0 Å². The maximum atomic E-state index is 11.9. The number of methoxy groups -OCH3 is 1. The molecular weight excluding hydrogens is 270 g/mol. The first-order chi connectivity index (χ1) is 9.92. The molecule has 1 aromatic rings. The molecule has 1 rings (SSSR count). The molecule has 5 nitrogen and oxygen atoms in total. The standard InChI is InChI=1S/C16H23NO4/c1-11(7-16(19)20)10-17-15(18)8-12(2)13-5-4-6-14(9-13)21-3/h4-6,9,11-12H,7-8,10H2,1-3H3,(H,17,18)(H,19,20). The third kappa shape index (κ3) is 6.29. The average Bonchev–Trinajstić information content (AvgIpc) is 2.44. The Balaban J connectivity index is 2.44. The quantitative estimate of drug-likeness (QED) is 0.772. The highest BCUT2D eigenvalue weighted by atomic mass is 16.5. The molecule has 0 fully saturated rings. The van der Waals surface area contributed by atoms with Crippen LogP contribution < -0.4 is 10.1 Å². The minimum atomic E-state index is -0.846. The van der Waals surface area contributed by atoms with Crippen LogP contribution in [-0.4, -0.2) is 30.6 Å². The van der Waals surface area contributed by atoms with E-state index in [0.717, 1.165) is 11.3 Å². The van der Waals surface area contributed by atoms with Crippen molar-refractivity contribution in [3.05, 3.63) is 29.8 Å². The van der Waals surface area contributed by atoms with Gasteiger partial charge in [0.1, 0.15) is 5.75 Å². The average molecular weight is 293 g/mol. The minimum absolute atomic E-state index is 0.0612. The molecule has 0 spiro atoms. The second-order valence-corrected chi connectivity index (χ2v) is 5.39. The summed E-state index contributed by atoms with van der Waals surface area (Å²) in [5.74, 6) is -0.132. The van der Waals surface area contributed by atoms with Gasteiger partial charge in [-0.25, -0.2) is 0 Å². The van der Waals surface area contributed by atoms with E-state index in [2.05, 4.69) is 5.32 Å². The van der Waals surface area contributed by atoms with Crippen LogP contribution in [0, 0.1) is 5.92 Å². The molecule has 0 bridgehead atoms. The number of nitrogens with one attached hydrogen (secondary N) is 1. The first-order valence-electron chi connectivity index (χ1n) is 7.04. The topological polar surface area (TPSA) is 75.6 Å². The van der Waals surface area contributed by atoms with Crippen molar-refractivity contribution in [3.63, 3.8) is 0 Å². The van der Waals surface area contributed by atoms with E-state index >= 15 is 0 Å². The van der Waals surface area contributed by atoms with Gasteiger partial charge in [-0.05, 0) is 29.5 Å². The maximum Gasteiger partial charge on any atom is 0.303 e. The summed E-state index contributed by atoms with van der Waals surface area (Å²) in [7, 11) is 1.61. The van der Waals surface area contributed by atoms with Crippen LogP contribution in [0.1, 0.15) is 38.2 Å². The Morgan fingerprint density at radius 2 is 2.00 bits per heavy atom. The number of carbonyl (C=O) groups excluding carboxylic acids is 1. The van der Waals surface area contributed by atoms with Gasteiger partial charge in [0.2, 0.25) is 5.91 Å². The molecule has 116 valence electrons. The Kier molecular flexibility index (Phi) is 6.72. The number of hydrogen-bond acceptors (Lipinski definition) is 3. The summed E-state index contributed by atoms with van der Waals surface area (Å²) in [5.41, 5.74) is 1.04. The van der Waals surface area contributed by atoms with Gasteiger partial charge in [-0.15, -0.1) is 0 Å². The van der Waals surface area contributed by atoms with Crippen molar-refractivity contribution < 1.29 is 19.4 Å². The SMILES string of the molecule is COc1cccc(C(C)CC(=O)NCC(C)CC(=O)O)c1. The highest BCUT2D eigenvalue weighted by Gasteiger charge is 2.13. The Hall–Kier alpha value is -2.04. The van der Waals surface area contributed by atoms with Crippen LogP contribution in [0.5, 0.6) is 5.75 Å². The Labute approximate surface area is 125 Å². The summed E-state index contributed by atoms with van der Waals surface area (Å²) in [6.07, 6.45) is 0.429. The van der Waals surface area contributed by atoms with Crippen molar-refractivity contribution in [2.75, 3.05) is 13.7 Å². The van der Waals surface area contributed by atoms with Crippen LogP contribution in [-0.2, 0) is 9.59 Å². The third-order valence-electron chi connectivity index (χ3n) is 3.33. The van der Waals surface area contributed by atoms with E-state index in [1.54, 1.807) is 14.0 Å². The number of ether oxygens (including phenoxy) is 1. The lowest BCUT2D eigenvalue weighted by Crippen LogP contribution is -2.29. The van der Waals surface area contributed by atoms with Crippen LogP contribution in [0.4, 0.5) is 0 Å². The molecular formula is C16H23NO4. The van der Waals surface area contributed by atoms with Crippen molar-refractivity contribution >= 4 is 11.9 Å². The number of carboxylic acid groups (broad SMARTS) is 1. The number of aliphatic carboxylic acids is 1. The molecule has 2 unspecified atom stereocenters. The highest BCUT2D eigenvalue weighted by molar-refractivity contribution is 5.77. The molecule has 0 heterocycles. The molecule has 2 N–H and O–H groups in total. The summed E-state index contributed by atoms with van der Waals surface area (Å²) in [6, 6.07) is 7.65. The lowest BCUT2D eigenvalue weighted by Gasteiger charge is -2.14. The first-order valence-corrected chi connectivity index (χ1v) is 7.04. The summed E-state index contributed by atoms with van der Waals surface area (Å²) in [4.78, 5) is 22.4. The molecule has 0 aliphatic carbocycles. The van der Waals surface area contributed by atoms with E-state index in [1.807, 2.05) is 31.2 Å². The second-order valence-electron chi connectivity index (χ2n) is 5.39. The number of carbonyl (C=O) groups is 2. The monoisotopic (exact) mass is 293 g/mol. The molecule has 5 heteroatoms. The summed E-state index contributed by atoms with van der Waals surface area (Å²) < 4.78 is 5.17. The van der Waals surface area contributed by atoms with Crippen LogP contribution in [0.25, 0.3) is 0 Å². The Bertz CT molecular complexity index is 487. The minimum Gasteiger partial charge on any atom is -0.497 e. The van der Waals surface area contributed by atoms with Crippen molar-refractivity contribution in [2.24, 2.45) is 5.92 Å². The molecule has 0 saturated carbocycles. The van der Waals surface area contributed by atoms with Gasteiger partial charge in [-0.2, -0.15) is 0 Å². The predicted octanol–water partition coefficient (Wildman–Crippen LogP) is 2.42. The van der Waals surface area contributed by atoms with E-state index in [4.69, 9.17) is 9.84 Å². The highest BCUT2D eigenvalue weighted by Crippen LogP contribution is 2.23. The van der Waals surface area contributed by atoms with Crippen LogP contribution in [0.15, 0.2) is 24.3 Å². The summed E-state index contributed by atoms with van der Waals surface area (Å²) in [5, 5.41) is 11.5. The van der Waals surface area contributed by atoms with Crippen molar-refractivity contribution in [1.29, 1.82) is 0 Å². The third-order valence-corrected chi connectivity index (χ3v) is 3.33. The first kappa shape index (κ1) is 17.0. The zero-order valence-electron chi connectivity index (χ0n) is 12.8. The van der Waals surface area contributed by atoms with Crippen molar-refractivity contribution in [1.82, 2.24) is 5.32 Å². The summed E-state index contributed by atoms with van der Waals surface area (Å²) >= 11 is 0. The van der Waals surface area contributed by atoms with Gasteiger partial charge in [0, 0.05) is 19.4 Å². The molecule has 0 saturated heterocycles. The van der Waals surface area contributed by atoms with E-state index in [9.17, 15) is 9.59 Å². The van der Waals surface area contributed by atoms with Crippen molar-refractivity contribution in [2.45, 2.75) is 32.6 Å². The molecule has 1 amide bonds. The molecule has 1 aromatic carbocycles. The van der Waals surface area contributed by atoms with Gasteiger partial charge in [-0.3, -0.25) is 9.59 Å². The van der Waals surface area contributed by atoms with E-state index in [-0.39, 0.29) is 24.2 Å². The largest absolute Gasteiger partial charge is 0.497 e. The van der Waals surface area contributed by atoms with Gasteiger partial charge in [0.05, 0.1) is 7.11 Å². The molecule has 0 aliphatic heterocycles. The summed E-state index contributed by atoms with van der Waals surface area (Å²) in [6.45, 7) is 4.17. The van der Waals surface area contributed by atoms with Crippen LogP contribution >= 0.6 is 0 Å². The normalized spacial score (nSPS) is 13.3. The molecule has 21 heavy (non-hydrogen) atoms. The van der Waals surface area contributed by atoms with Gasteiger partial charge in [-0.1, -0.05) is 26.0 Å². The Morgan fingerprint density at radius 3 is 2.62 bits per heavy atom. The molecule has 0 aliphatic rings. The lowest BCUT2D eigenvalue weighted by molar-refractivity contribution is -0.138. The molecule has 0 radical (unpaired) electrons. The zero-order valence-corrected chi connectivity index (χ0v) is 12.8. The van der Waals surface area contributed by atoms with Crippen LogP contribution in [0.2, 0.25) is 0 Å². The Morgan fingerprint density at radius 1 is 1.29 bits per heavy atom. The number of carboxylic acids is 1. The van der Waals surface area contributed by atoms with Crippen LogP contribution in [0.3, 0.4) is 0 Å². The van der Waals surface area contributed by atoms with E-state index in [0.29, 0.717) is 13.0 Å². The van der Waals surface area contributed by atoms with Crippen molar-refractivity contribution in [3.8, 4) is 5.75 Å². The van der Waals surface area contributed by atoms with Gasteiger partial charge in [0.25, 0.3) is 0 Å². The van der Waals surface area contributed by atoms with Gasteiger partial charge in [0.15, 0.2) is 0 Å². The molecule has 2 atom stereocenters. The number of benzene rings is 1. The fourth-order valence-electron chi connectivity index (χ4n) is 2.07. The number of rotatable bonds is 8. The van der Waals surface area contributed by atoms with E-state index < -0.39 is 5.97 Å². The van der Waals surface area contributed by atoms with Gasteiger partial charge < -0.3 is 15.2 Å². The zero-order chi connectivity index (χ0) is 15.8. The number of hydrogen-bond donors (Lipinski definition) is 2. The smallest absolute Gasteiger partial charge is 0.303 e. The fraction of sp³-hybridized carbons (Fsp3) is 0.500. The predicted molar refractivity (Wildman–Crippen MR) is 80.5 cm³/mol. The second kappa shape index (κ2) is 8.29. The fourth-order valence-corrected chi connectivity index (χ4v) is 2.07. The van der Waals surface area contributed by atoms with Gasteiger partial charge >= 0.3 is 5.97 Å².